The van der Waals surface area contributed by atoms with Gasteiger partial charge in [0.2, 0.25) is 0 Å². The van der Waals surface area contributed by atoms with E-state index >= 15 is 0 Å². The van der Waals surface area contributed by atoms with Crippen molar-refractivity contribution < 1.29 is 4.39 Å². The van der Waals surface area contributed by atoms with Crippen molar-refractivity contribution in [3.05, 3.63) is 35.1 Å². The Balaban J connectivity index is 2.11. The third-order valence-corrected chi connectivity index (χ3v) is 2.99. The molecule has 0 saturated heterocycles. The topological polar surface area (TPSA) is 12.0 Å². The van der Waals surface area contributed by atoms with Crippen molar-refractivity contribution in [2.45, 2.75) is 32.7 Å². The van der Waals surface area contributed by atoms with Crippen molar-refractivity contribution in [3.63, 3.8) is 0 Å². The van der Waals surface area contributed by atoms with Gasteiger partial charge in [0.15, 0.2) is 0 Å². The van der Waals surface area contributed by atoms with Crippen molar-refractivity contribution in [1.29, 1.82) is 0 Å². The van der Waals surface area contributed by atoms with Gasteiger partial charge in [-0.2, -0.15) is 0 Å². The zero-order valence-corrected chi connectivity index (χ0v) is 9.39. The Morgan fingerprint density at radius 2 is 2.27 bits per heavy atom. The van der Waals surface area contributed by atoms with Gasteiger partial charge in [0.1, 0.15) is 5.82 Å². The third kappa shape index (κ3) is 2.20. The molecule has 0 aromatic heterocycles. The zero-order chi connectivity index (χ0) is 10.8. The second-order valence-corrected chi connectivity index (χ2v) is 4.70. The molecule has 1 atom stereocenters. The van der Waals surface area contributed by atoms with Crippen LogP contribution < -0.4 is 5.32 Å². The van der Waals surface area contributed by atoms with E-state index in [-0.39, 0.29) is 5.82 Å². The Labute approximate surface area is 90.7 Å². The third-order valence-electron chi connectivity index (χ3n) is 2.99. The van der Waals surface area contributed by atoms with Gasteiger partial charge in [-0.15, -0.1) is 0 Å². The first-order valence-corrected chi connectivity index (χ1v) is 5.69. The first kappa shape index (κ1) is 10.6. The molecule has 0 radical (unpaired) electrons. The Morgan fingerprint density at radius 1 is 1.47 bits per heavy atom. The van der Waals surface area contributed by atoms with Crippen molar-refractivity contribution in [2.75, 3.05) is 6.54 Å². The maximum absolute atomic E-state index is 13.4. The lowest BCUT2D eigenvalue weighted by Gasteiger charge is -2.15. The molecular weight excluding hydrogens is 189 g/mol. The predicted molar refractivity (Wildman–Crippen MR) is 60.3 cm³/mol. The molecule has 1 aromatic carbocycles. The highest BCUT2D eigenvalue weighted by molar-refractivity contribution is 5.35. The molecule has 2 heteroatoms. The summed E-state index contributed by atoms with van der Waals surface area (Å²) in [6, 6.07) is 5.77. The molecule has 1 nitrogen and oxygen atoms in total. The quantitative estimate of drug-likeness (QED) is 0.803. The number of hydrogen-bond acceptors (Lipinski definition) is 1. The van der Waals surface area contributed by atoms with Crippen LogP contribution in [0.3, 0.4) is 0 Å². The molecule has 0 bridgehead atoms. The summed E-state index contributed by atoms with van der Waals surface area (Å²) < 4.78 is 13.4. The van der Waals surface area contributed by atoms with Crippen LogP contribution in [-0.2, 0) is 6.42 Å². The molecule has 0 saturated carbocycles. The van der Waals surface area contributed by atoms with Gasteiger partial charge in [-0.05, 0) is 42.5 Å². The standard InChI is InChI=1S/C13H18FN/c1-9(2)8-15-13-7-6-10-11(13)4-3-5-12(10)14/h3-5,9,13,15H,6-8H2,1-2H3. The summed E-state index contributed by atoms with van der Waals surface area (Å²) in [6.45, 7) is 5.38. The second kappa shape index (κ2) is 4.31. The molecule has 1 aliphatic rings. The normalized spacial score (nSPS) is 19.6. The average Bonchev–Trinajstić information content (AvgIpc) is 2.59. The summed E-state index contributed by atoms with van der Waals surface area (Å²) in [5, 5.41) is 3.50. The lowest BCUT2D eigenvalue weighted by molar-refractivity contribution is 0.472. The monoisotopic (exact) mass is 207 g/mol. The second-order valence-electron chi connectivity index (χ2n) is 4.70. The van der Waals surface area contributed by atoms with E-state index in [0.29, 0.717) is 12.0 Å². The molecule has 2 rings (SSSR count). The molecule has 0 amide bonds. The summed E-state index contributed by atoms with van der Waals surface area (Å²) in [7, 11) is 0. The van der Waals surface area contributed by atoms with E-state index in [4.69, 9.17) is 0 Å². The number of halogens is 1. The predicted octanol–water partition coefficient (Wildman–Crippen LogP) is 3.06. The Kier molecular flexibility index (Phi) is 3.06. The van der Waals surface area contributed by atoms with E-state index in [1.54, 1.807) is 6.07 Å². The largest absolute Gasteiger partial charge is 0.310 e. The van der Waals surface area contributed by atoms with Crippen LogP contribution in [0.4, 0.5) is 4.39 Å². The van der Waals surface area contributed by atoms with Crippen LogP contribution in [0.25, 0.3) is 0 Å². The van der Waals surface area contributed by atoms with Gasteiger partial charge in [0.25, 0.3) is 0 Å². The number of nitrogens with one attached hydrogen (secondary N) is 1. The molecule has 0 aliphatic heterocycles. The fourth-order valence-corrected chi connectivity index (χ4v) is 2.20. The van der Waals surface area contributed by atoms with Crippen LogP contribution >= 0.6 is 0 Å². The molecule has 0 spiro atoms. The summed E-state index contributed by atoms with van der Waals surface area (Å²) in [5.74, 6) is 0.601. The number of fused-ring (bicyclic) bond motifs is 1. The zero-order valence-electron chi connectivity index (χ0n) is 9.39. The molecule has 82 valence electrons. The van der Waals surface area contributed by atoms with Crippen LogP contribution in [0.5, 0.6) is 0 Å². The van der Waals surface area contributed by atoms with Crippen molar-refractivity contribution in [2.24, 2.45) is 5.92 Å². The van der Waals surface area contributed by atoms with Crippen LogP contribution in [0.1, 0.15) is 37.4 Å². The van der Waals surface area contributed by atoms with Gasteiger partial charge < -0.3 is 5.32 Å². The van der Waals surface area contributed by atoms with Gasteiger partial charge in [-0.3, -0.25) is 0 Å². The van der Waals surface area contributed by atoms with Gasteiger partial charge in [0, 0.05) is 6.04 Å². The van der Waals surface area contributed by atoms with Gasteiger partial charge in [-0.1, -0.05) is 26.0 Å². The number of benzene rings is 1. The Bertz CT molecular complexity index is 346. The fraction of sp³-hybridized carbons (Fsp3) is 0.538. The van der Waals surface area contributed by atoms with Crippen molar-refractivity contribution in [1.82, 2.24) is 5.32 Å². The van der Waals surface area contributed by atoms with E-state index < -0.39 is 0 Å². The summed E-state index contributed by atoms with van der Waals surface area (Å²) >= 11 is 0. The van der Waals surface area contributed by atoms with Crippen LogP contribution in [0.2, 0.25) is 0 Å². The van der Waals surface area contributed by atoms with E-state index in [0.717, 1.165) is 30.5 Å². The van der Waals surface area contributed by atoms with E-state index in [1.165, 1.54) is 0 Å². The molecule has 0 heterocycles. The smallest absolute Gasteiger partial charge is 0.126 e. The molecule has 1 aliphatic carbocycles. The highest BCUT2D eigenvalue weighted by Gasteiger charge is 2.24. The molecule has 1 aromatic rings. The Morgan fingerprint density at radius 3 is 3.00 bits per heavy atom. The Hall–Kier alpha value is -0.890. The maximum atomic E-state index is 13.4. The minimum atomic E-state index is -0.0404. The van der Waals surface area contributed by atoms with E-state index in [1.807, 2.05) is 12.1 Å². The van der Waals surface area contributed by atoms with Crippen molar-refractivity contribution >= 4 is 0 Å². The summed E-state index contributed by atoms with van der Waals surface area (Å²) in [6.07, 6.45) is 1.90. The molecule has 1 unspecified atom stereocenters. The highest BCUT2D eigenvalue weighted by Crippen LogP contribution is 2.32. The summed E-state index contributed by atoms with van der Waals surface area (Å²) in [5.41, 5.74) is 2.08. The van der Waals surface area contributed by atoms with Gasteiger partial charge in [-0.25, -0.2) is 4.39 Å². The lowest BCUT2D eigenvalue weighted by atomic mass is 10.1. The van der Waals surface area contributed by atoms with Gasteiger partial charge >= 0.3 is 0 Å². The molecule has 15 heavy (non-hydrogen) atoms. The molecule has 1 N–H and O–H groups in total. The molecule has 0 fully saturated rings. The minimum Gasteiger partial charge on any atom is -0.310 e. The van der Waals surface area contributed by atoms with Gasteiger partial charge in [0.05, 0.1) is 0 Å². The maximum Gasteiger partial charge on any atom is 0.126 e. The van der Waals surface area contributed by atoms with E-state index in [9.17, 15) is 4.39 Å². The first-order chi connectivity index (χ1) is 7.18. The first-order valence-electron chi connectivity index (χ1n) is 5.69. The highest BCUT2D eigenvalue weighted by atomic mass is 19.1. The molecular formula is C13H18FN. The lowest BCUT2D eigenvalue weighted by Crippen LogP contribution is -2.23. The number of hydrogen-bond donors (Lipinski definition) is 1. The minimum absolute atomic E-state index is 0.0404. The fourth-order valence-electron chi connectivity index (χ4n) is 2.20. The van der Waals surface area contributed by atoms with Crippen LogP contribution in [0, 0.1) is 11.7 Å². The van der Waals surface area contributed by atoms with E-state index in [2.05, 4.69) is 19.2 Å². The summed E-state index contributed by atoms with van der Waals surface area (Å²) in [4.78, 5) is 0. The SMILES string of the molecule is CC(C)CNC1CCc2c(F)cccc21. The number of rotatable bonds is 3. The average molecular weight is 207 g/mol. The van der Waals surface area contributed by atoms with Crippen LogP contribution in [-0.4, -0.2) is 6.54 Å². The van der Waals surface area contributed by atoms with Crippen LogP contribution in [0.15, 0.2) is 18.2 Å². The van der Waals surface area contributed by atoms with Crippen molar-refractivity contribution in [3.8, 4) is 0 Å².